The number of carbonyl (C=O) groups is 2. The van der Waals surface area contributed by atoms with Crippen LogP contribution in [0.15, 0.2) is 21.5 Å². The Balaban J connectivity index is 1.96. The molecule has 1 aliphatic heterocycles. The van der Waals surface area contributed by atoms with Gasteiger partial charge in [0.25, 0.3) is 0 Å². The molecule has 1 amide bonds. The Morgan fingerprint density at radius 2 is 2.11 bits per heavy atom. The van der Waals surface area contributed by atoms with Gasteiger partial charge in [0, 0.05) is 12.5 Å². The molecule has 0 spiro atoms. The van der Waals surface area contributed by atoms with Crippen molar-refractivity contribution in [3.05, 3.63) is 28.5 Å². The first-order chi connectivity index (χ1) is 13.2. The Kier molecular flexibility index (Phi) is 7.42. The van der Waals surface area contributed by atoms with E-state index in [4.69, 9.17) is 14.0 Å². The molecule has 2 atom stereocenters. The Hall–Kier alpha value is -2.58. The number of alkyl carbamates (subject to hydrolysis) is 1. The van der Waals surface area contributed by atoms with Gasteiger partial charge in [-0.25, -0.2) is 14.4 Å². The topological polar surface area (TPSA) is 113 Å². The van der Waals surface area contributed by atoms with E-state index < -0.39 is 29.5 Å². The van der Waals surface area contributed by atoms with Gasteiger partial charge in [-0.2, -0.15) is 0 Å². The summed E-state index contributed by atoms with van der Waals surface area (Å²) in [5.74, 6) is -0.309. The highest BCUT2D eigenvalue weighted by molar-refractivity contribution is 5.81. The van der Waals surface area contributed by atoms with E-state index >= 15 is 0 Å². The van der Waals surface area contributed by atoms with Crippen LogP contribution in [0, 0.1) is 0 Å². The summed E-state index contributed by atoms with van der Waals surface area (Å²) < 4.78 is 16.3. The van der Waals surface area contributed by atoms with Gasteiger partial charge in [0.1, 0.15) is 11.6 Å². The van der Waals surface area contributed by atoms with Crippen LogP contribution in [-0.2, 0) is 20.7 Å². The third-order valence-corrected chi connectivity index (χ3v) is 4.38. The molecular weight excluding hydrogens is 366 g/mol. The number of allylic oxidation sites excluding steroid dienone is 1. The second-order valence-electron chi connectivity index (χ2n) is 7.80. The lowest BCUT2D eigenvalue weighted by Gasteiger charge is -2.22. The van der Waals surface area contributed by atoms with Crippen molar-refractivity contribution in [3.63, 3.8) is 0 Å². The third-order valence-electron chi connectivity index (χ3n) is 4.38. The van der Waals surface area contributed by atoms with Crippen molar-refractivity contribution in [3.8, 4) is 0 Å². The Bertz CT molecular complexity index is 758. The summed E-state index contributed by atoms with van der Waals surface area (Å²) in [6, 6.07) is -0.873. The average molecular weight is 395 g/mol. The van der Waals surface area contributed by atoms with Crippen LogP contribution >= 0.6 is 0 Å². The number of nitrogens with one attached hydrogen (secondary N) is 1. The van der Waals surface area contributed by atoms with Crippen LogP contribution in [0.5, 0.6) is 0 Å². The summed E-state index contributed by atoms with van der Waals surface area (Å²) in [7, 11) is 1.27. The molecule has 0 fully saturated rings. The van der Waals surface area contributed by atoms with Crippen LogP contribution in [0.2, 0.25) is 0 Å². The maximum atomic E-state index is 11.9. The number of hydrogen-bond acceptors (Lipinski definition) is 7. The number of amides is 1. The standard InChI is InChI=1S/C19H29N3O6/c1-19(2,3)27-17(24)20-14(16(23)26-4)11-7-5-9-13-10-6-8-12-15-21-28-18(25)22(13)15/h5,7,13-14H,6,8-12H2,1-4H3,(H,20,24)/b7-5-/t13?,14-/m0/s1. The molecule has 9 nitrogen and oxygen atoms in total. The highest BCUT2D eigenvalue weighted by Gasteiger charge is 2.25. The van der Waals surface area contributed by atoms with Gasteiger partial charge in [-0.15, -0.1) is 0 Å². The number of aryl methyl sites for hydroxylation is 1. The van der Waals surface area contributed by atoms with Gasteiger partial charge in [0.2, 0.25) is 0 Å². The Morgan fingerprint density at radius 1 is 1.36 bits per heavy atom. The van der Waals surface area contributed by atoms with Gasteiger partial charge in [0.05, 0.1) is 7.11 Å². The second kappa shape index (κ2) is 9.57. The molecule has 2 rings (SSSR count). The lowest BCUT2D eigenvalue weighted by molar-refractivity contribution is -0.143. The second-order valence-corrected chi connectivity index (χ2v) is 7.80. The zero-order chi connectivity index (χ0) is 20.7. The molecule has 1 unspecified atom stereocenters. The maximum absolute atomic E-state index is 11.9. The molecule has 0 aromatic carbocycles. The number of rotatable bonds is 6. The number of hydrogen-bond donors (Lipinski definition) is 1. The number of fused-ring (bicyclic) bond motifs is 1. The monoisotopic (exact) mass is 395 g/mol. The Labute approximate surface area is 164 Å². The largest absolute Gasteiger partial charge is 0.467 e. The van der Waals surface area contributed by atoms with Crippen molar-refractivity contribution >= 4 is 12.1 Å². The van der Waals surface area contributed by atoms with E-state index in [1.165, 1.54) is 7.11 Å². The zero-order valence-electron chi connectivity index (χ0n) is 16.9. The predicted molar refractivity (Wildman–Crippen MR) is 101 cm³/mol. The van der Waals surface area contributed by atoms with Crippen molar-refractivity contribution < 1.29 is 23.6 Å². The average Bonchev–Trinajstić information content (AvgIpc) is 2.85. The minimum absolute atomic E-state index is 0.0251. The molecule has 156 valence electrons. The molecule has 0 radical (unpaired) electrons. The molecule has 1 N–H and O–H groups in total. The fourth-order valence-corrected chi connectivity index (χ4v) is 3.12. The van der Waals surface area contributed by atoms with Crippen molar-refractivity contribution in [1.82, 2.24) is 15.0 Å². The summed E-state index contributed by atoms with van der Waals surface area (Å²) >= 11 is 0. The first-order valence-corrected chi connectivity index (χ1v) is 9.50. The number of esters is 1. The van der Waals surface area contributed by atoms with E-state index in [9.17, 15) is 14.4 Å². The molecule has 9 heteroatoms. The summed E-state index contributed by atoms with van der Waals surface area (Å²) in [6.07, 6.45) is 7.43. The summed E-state index contributed by atoms with van der Waals surface area (Å²) in [4.78, 5) is 35.8. The number of carbonyl (C=O) groups excluding carboxylic acids is 2. The highest BCUT2D eigenvalue weighted by Crippen LogP contribution is 2.24. The first-order valence-electron chi connectivity index (χ1n) is 9.50. The highest BCUT2D eigenvalue weighted by atomic mass is 16.6. The van der Waals surface area contributed by atoms with Crippen molar-refractivity contribution in [2.75, 3.05) is 7.11 Å². The fourth-order valence-electron chi connectivity index (χ4n) is 3.12. The molecule has 1 aromatic rings. The van der Waals surface area contributed by atoms with Gasteiger partial charge >= 0.3 is 17.8 Å². The maximum Gasteiger partial charge on any atom is 0.441 e. The number of methoxy groups -OCH3 is 1. The van der Waals surface area contributed by atoms with Crippen molar-refractivity contribution in [2.45, 2.75) is 77.0 Å². The van der Waals surface area contributed by atoms with Crippen molar-refractivity contribution in [1.29, 1.82) is 0 Å². The predicted octanol–water partition coefficient (Wildman–Crippen LogP) is 2.51. The van der Waals surface area contributed by atoms with Crippen LogP contribution in [0.4, 0.5) is 4.79 Å². The van der Waals surface area contributed by atoms with Crippen molar-refractivity contribution in [2.24, 2.45) is 0 Å². The van der Waals surface area contributed by atoms with Gasteiger partial charge in [-0.05, 0) is 46.5 Å². The SMILES string of the molecule is COC(=O)[C@H](C/C=C\CC1CCCCc2noc(=O)n21)NC(=O)OC(C)(C)C. The van der Waals surface area contributed by atoms with Gasteiger partial charge in [-0.3, -0.25) is 9.09 Å². The lowest BCUT2D eigenvalue weighted by atomic mass is 10.1. The van der Waals surface area contributed by atoms with E-state index in [1.807, 2.05) is 6.08 Å². The smallest absolute Gasteiger partial charge is 0.441 e. The van der Waals surface area contributed by atoms with E-state index in [0.717, 1.165) is 25.7 Å². The molecule has 28 heavy (non-hydrogen) atoms. The molecule has 2 heterocycles. The summed E-state index contributed by atoms with van der Waals surface area (Å²) in [5.41, 5.74) is -0.663. The third kappa shape index (κ3) is 6.24. The van der Waals surface area contributed by atoms with Crippen LogP contribution < -0.4 is 11.1 Å². The normalized spacial score (nSPS) is 18.2. The van der Waals surface area contributed by atoms with Crippen LogP contribution in [0.1, 0.15) is 64.7 Å². The van der Waals surface area contributed by atoms with Gasteiger partial charge in [0.15, 0.2) is 5.82 Å². The first kappa shape index (κ1) is 21.7. The molecule has 0 aliphatic carbocycles. The zero-order valence-corrected chi connectivity index (χ0v) is 16.9. The van der Waals surface area contributed by atoms with Crippen LogP contribution in [0.3, 0.4) is 0 Å². The quantitative estimate of drug-likeness (QED) is 0.581. The molecule has 0 bridgehead atoms. The number of aromatic nitrogens is 2. The van der Waals surface area contributed by atoms with E-state index in [2.05, 4.69) is 10.5 Å². The van der Waals surface area contributed by atoms with Crippen LogP contribution in [0.25, 0.3) is 0 Å². The fraction of sp³-hybridized carbons (Fsp3) is 0.684. The van der Waals surface area contributed by atoms with E-state index in [-0.39, 0.29) is 12.5 Å². The molecule has 1 aliphatic rings. The number of nitrogens with zero attached hydrogens (tertiary/aromatic N) is 2. The van der Waals surface area contributed by atoms with Gasteiger partial charge in [-0.1, -0.05) is 23.7 Å². The minimum Gasteiger partial charge on any atom is -0.467 e. The Morgan fingerprint density at radius 3 is 2.79 bits per heavy atom. The molecular formula is C19H29N3O6. The van der Waals surface area contributed by atoms with E-state index in [1.54, 1.807) is 31.4 Å². The lowest BCUT2D eigenvalue weighted by Crippen LogP contribution is -2.43. The van der Waals surface area contributed by atoms with Gasteiger partial charge < -0.3 is 14.8 Å². The van der Waals surface area contributed by atoms with Crippen LogP contribution in [-0.4, -0.2) is 40.5 Å². The summed E-state index contributed by atoms with van der Waals surface area (Å²) in [6.45, 7) is 5.23. The molecule has 0 saturated heterocycles. The number of ether oxygens (including phenoxy) is 2. The minimum atomic E-state index is -0.848. The molecule has 0 saturated carbocycles. The van der Waals surface area contributed by atoms with E-state index in [0.29, 0.717) is 12.2 Å². The molecule has 1 aromatic heterocycles. The summed E-state index contributed by atoms with van der Waals surface area (Å²) in [5, 5.41) is 6.37.